The van der Waals surface area contributed by atoms with Crippen LogP contribution in [-0.2, 0) is 8.85 Å². The summed E-state index contributed by atoms with van der Waals surface area (Å²) in [4.78, 5) is 25.7. The third-order valence-electron chi connectivity index (χ3n) is 3.26. The minimum atomic E-state index is -2.08. The van der Waals surface area contributed by atoms with E-state index in [1.54, 1.807) is 0 Å². The fourth-order valence-corrected chi connectivity index (χ4v) is 4.48. The summed E-state index contributed by atoms with van der Waals surface area (Å²) in [6.45, 7) is 15.3. The molecule has 0 amide bonds. The molecule has 1 aromatic heterocycles. The molecule has 25 heavy (non-hydrogen) atoms. The minimum absolute atomic E-state index is 0.235. The average molecular weight is 403 g/mol. The molecule has 1 aliphatic heterocycles. The minimum Gasteiger partial charge on any atom is -0.516 e. The van der Waals surface area contributed by atoms with Gasteiger partial charge in [0.05, 0.1) is 0 Å². The molecular formula is C16H26O6SSi2. The molecule has 2 unspecified atom stereocenters. The SMILES string of the molecule is CC1Oc2c(C(=O)O[Si](C)(C)C)sc(C(=O)O[Si](C)(C)C)c2OC1C. The van der Waals surface area contributed by atoms with E-state index in [9.17, 15) is 9.59 Å². The molecule has 0 aliphatic carbocycles. The summed E-state index contributed by atoms with van der Waals surface area (Å²) in [7, 11) is -4.17. The third kappa shape index (κ3) is 4.86. The molecule has 0 saturated heterocycles. The topological polar surface area (TPSA) is 71.1 Å². The van der Waals surface area contributed by atoms with E-state index >= 15 is 0 Å². The van der Waals surface area contributed by atoms with Gasteiger partial charge in [0.25, 0.3) is 0 Å². The van der Waals surface area contributed by atoms with E-state index in [-0.39, 0.29) is 22.0 Å². The summed E-state index contributed by atoms with van der Waals surface area (Å²) in [6.07, 6.45) is -0.470. The van der Waals surface area contributed by atoms with Crippen molar-refractivity contribution in [2.24, 2.45) is 0 Å². The highest BCUT2D eigenvalue weighted by Crippen LogP contribution is 2.47. The molecule has 2 rings (SSSR count). The molecule has 0 fully saturated rings. The Bertz CT molecular complexity index is 630. The number of rotatable bonds is 4. The van der Waals surface area contributed by atoms with Crippen LogP contribution in [0.15, 0.2) is 0 Å². The van der Waals surface area contributed by atoms with E-state index in [1.165, 1.54) is 0 Å². The monoisotopic (exact) mass is 402 g/mol. The summed E-state index contributed by atoms with van der Waals surface area (Å²) >= 11 is 1.02. The van der Waals surface area contributed by atoms with Crippen LogP contribution in [0.1, 0.15) is 33.2 Å². The fourth-order valence-electron chi connectivity index (χ4n) is 2.10. The van der Waals surface area contributed by atoms with Crippen molar-refractivity contribution in [2.45, 2.75) is 65.3 Å². The van der Waals surface area contributed by atoms with Crippen LogP contribution in [0.2, 0.25) is 39.3 Å². The van der Waals surface area contributed by atoms with Gasteiger partial charge in [-0.15, -0.1) is 11.3 Å². The molecule has 0 bridgehead atoms. The summed E-state index contributed by atoms with van der Waals surface area (Å²) in [5.41, 5.74) is 0. The Labute approximate surface area is 154 Å². The molecule has 0 N–H and O–H groups in total. The number of carbonyl (C=O) groups is 2. The van der Waals surface area contributed by atoms with Crippen molar-refractivity contribution >= 4 is 39.9 Å². The van der Waals surface area contributed by atoms with Crippen molar-refractivity contribution in [2.75, 3.05) is 0 Å². The van der Waals surface area contributed by atoms with Gasteiger partial charge in [-0.1, -0.05) is 0 Å². The van der Waals surface area contributed by atoms with Crippen LogP contribution in [0.3, 0.4) is 0 Å². The number of hydrogen-bond donors (Lipinski definition) is 0. The summed E-state index contributed by atoms with van der Waals surface area (Å²) in [5, 5.41) is 0. The van der Waals surface area contributed by atoms with Crippen LogP contribution < -0.4 is 9.47 Å². The number of ether oxygens (including phenoxy) is 2. The van der Waals surface area contributed by atoms with Gasteiger partial charge < -0.3 is 18.3 Å². The van der Waals surface area contributed by atoms with Crippen LogP contribution in [0.4, 0.5) is 0 Å². The number of hydrogen-bond acceptors (Lipinski definition) is 7. The number of thiophene rings is 1. The summed E-state index contributed by atoms with van der Waals surface area (Å²) < 4.78 is 22.9. The second-order valence-electron chi connectivity index (χ2n) is 8.07. The first kappa shape index (κ1) is 20.0. The predicted octanol–water partition coefficient (Wildman–Crippen LogP) is 4.28. The quantitative estimate of drug-likeness (QED) is 0.700. The lowest BCUT2D eigenvalue weighted by Gasteiger charge is -2.29. The Balaban J connectivity index is 2.46. The highest BCUT2D eigenvalue weighted by atomic mass is 32.1. The molecule has 0 saturated carbocycles. The average Bonchev–Trinajstić information content (AvgIpc) is 2.74. The molecule has 9 heteroatoms. The summed E-state index contributed by atoms with van der Waals surface area (Å²) in [5.74, 6) is -0.363. The van der Waals surface area contributed by atoms with E-state index in [0.717, 1.165) is 11.3 Å². The molecule has 6 nitrogen and oxygen atoms in total. The fraction of sp³-hybridized carbons (Fsp3) is 0.625. The van der Waals surface area contributed by atoms with E-state index in [1.807, 2.05) is 53.1 Å². The van der Waals surface area contributed by atoms with Crippen molar-refractivity contribution in [3.05, 3.63) is 9.75 Å². The lowest BCUT2D eigenvalue weighted by atomic mass is 10.2. The Hall–Kier alpha value is -1.33. The van der Waals surface area contributed by atoms with E-state index < -0.39 is 28.6 Å². The molecule has 0 radical (unpaired) electrons. The maximum Gasteiger partial charge on any atom is 0.339 e. The predicted molar refractivity (Wildman–Crippen MR) is 102 cm³/mol. The zero-order valence-electron chi connectivity index (χ0n) is 16.0. The van der Waals surface area contributed by atoms with Gasteiger partial charge in [0.2, 0.25) is 16.6 Å². The van der Waals surface area contributed by atoms with E-state index in [0.29, 0.717) is 11.5 Å². The first-order valence-corrected chi connectivity index (χ1v) is 15.9. The van der Waals surface area contributed by atoms with Gasteiger partial charge >= 0.3 is 11.9 Å². The second kappa shape index (κ2) is 6.77. The maximum atomic E-state index is 12.6. The molecule has 2 atom stereocenters. The first-order chi connectivity index (χ1) is 11.3. The van der Waals surface area contributed by atoms with Gasteiger partial charge in [-0.3, -0.25) is 0 Å². The van der Waals surface area contributed by atoms with E-state index in [2.05, 4.69) is 0 Å². The van der Waals surface area contributed by atoms with Crippen molar-refractivity contribution in [1.29, 1.82) is 0 Å². The molecule has 140 valence electrons. The van der Waals surface area contributed by atoms with Crippen LogP contribution in [0.25, 0.3) is 0 Å². The van der Waals surface area contributed by atoms with Gasteiger partial charge in [0, 0.05) is 0 Å². The van der Waals surface area contributed by atoms with Crippen LogP contribution in [-0.4, -0.2) is 40.8 Å². The van der Waals surface area contributed by atoms with Crippen molar-refractivity contribution < 1.29 is 27.9 Å². The Morgan fingerprint density at radius 1 is 0.800 bits per heavy atom. The van der Waals surface area contributed by atoms with Gasteiger partial charge in [-0.05, 0) is 53.1 Å². The van der Waals surface area contributed by atoms with Gasteiger partial charge in [-0.25, -0.2) is 9.59 Å². The van der Waals surface area contributed by atoms with Crippen molar-refractivity contribution in [3.63, 3.8) is 0 Å². The Kier molecular flexibility index (Phi) is 5.41. The largest absolute Gasteiger partial charge is 0.516 e. The Morgan fingerprint density at radius 2 is 1.12 bits per heavy atom. The van der Waals surface area contributed by atoms with Crippen LogP contribution >= 0.6 is 11.3 Å². The molecule has 1 aromatic rings. The molecule has 1 aliphatic rings. The number of carbonyl (C=O) groups excluding carboxylic acids is 2. The van der Waals surface area contributed by atoms with E-state index in [4.69, 9.17) is 18.3 Å². The highest BCUT2D eigenvalue weighted by molar-refractivity contribution is 7.16. The van der Waals surface area contributed by atoms with Gasteiger partial charge in [0.1, 0.15) is 12.2 Å². The second-order valence-corrected chi connectivity index (χ2v) is 17.9. The lowest BCUT2D eigenvalue weighted by Crippen LogP contribution is -2.36. The standard InChI is InChI=1S/C16H26O6SSi2/c1-9-10(2)20-12-11(19-9)13(15(17)21-24(3,4)5)23-14(12)16(18)22-25(6,7)8/h9-10H,1-8H3. The van der Waals surface area contributed by atoms with Crippen LogP contribution in [0, 0.1) is 0 Å². The normalized spacial score (nSPS) is 20.2. The molecule has 2 heterocycles. The van der Waals surface area contributed by atoms with Gasteiger partial charge in [0.15, 0.2) is 21.3 Å². The molecule has 0 spiro atoms. The maximum absolute atomic E-state index is 12.6. The molecular weight excluding hydrogens is 376 g/mol. The first-order valence-electron chi connectivity index (χ1n) is 8.25. The Morgan fingerprint density at radius 3 is 1.40 bits per heavy atom. The lowest BCUT2D eigenvalue weighted by molar-refractivity contribution is 0.0394. The highest BCUT2D eigenvalue weighted by Gasteiger charge is 2.39. The smallest absolute Gasteiger partial charge is 0.339 e. The van der Waals surface area contributed by atoms with Gasteiger partial charge in [-0.2, -0.15) is 0 Å². The zero-order valence-corrected chi connectivity index (χ0v) is 18.8. The molecule has 0 aromatic carbocycles. The number of fused-ring (bicyclic) bond motifs is 1. The van der Waals surface area contributed by atoms with Crippen molar-refractivity contribution in [3.8, 4) is 11.5 Å². The third-order valence-corrected chi connectivity index (χ3v) is 5.97. The van der Waals surface area contributed by atoms with Crippen LogP contribution in [0.5, 0.6) is 11.5 Å². The summed E-state index contributed by atoms with van der Waals surface area (Å²) in [6, 6.07) is 0. The zero-order chi connectivity index (χ0) is 19.2. The van der Waals surface area contributed by atoms with Crippen molar-refractivity contribution in [1.82, 2.24) is 0 Å².